The molecule has 113 heavy (non-hydrogen) atoms. The first-order valence-electron chi connectivity index (χ1n) is 43.3. The Morgan fingerprint density at radius 3 is 1.31 bits per heavy atom. The summed E-state index contributed by atoms with van der Waals surface area (Å²) < 4.78 is 43.1. The first kappa shape index (κ1) is 95.6. The van der Waals surface area contributed by atoms with E-state index in [4.69, 9.17) is 33.2 Å². The van der Waals surface area contributed by atoms with Crippen LogP contribution in [0.15, 0.2) is 121 Å². The van der Waals surface area contributed by atoms with Crippen molar-refractivity contribution in [3.63, 3.8) is 0 Å². The molecule has 21 heteroatoms. The van der Waals surface area contributed by atoms with Gasteiger partial charge in [-0.2, -0.15) is 0 Å². The average molecular weight is 1570 g/mol. The van der Waals surface area contributed by atoms with Gasteiger partial charge in [-0.3, -0.25) is 38.4 Å². The number of aliphatic hydroxyl groups is 1. The molecule has 0 spiro atoms. The van der Waals surface area contributed by atoms with Gasteiger partial charge in [0.25, 0.3) is 5.91 Å². The SMILES string of the molecule is CCCCCCCCCCCCCC(=O)O[C@H]1[C@H](O)[C@@H](COC(=O)[C@@H](CCC(=O)OCc2ccccc2)N(CCCCCCCCCCCC)C(=O)CNC(=O)CCCCCCCCCCC)O[C@H](OC(CC(=O)OCc2ccccc2)CC(=O)OCc2ccccc2)[C@@H]1NC(=O)CCCCCCCNC(=O)c1ccccc1. The minimum absolute atomic E-state index is 0.0237. The largest absolute Gasteiger partial charge is 0.461 e. The monoisotopic (exact) mass is 1570 g/mol. The maximum atomic E-state index is 15.3. The van der Waals surface area contributed by atoms with E-state index in [9.17, 15) is 43.5 Å². The van der Waals surface area contributed by atoms with Crippen molar-refractivity contribution in [3.8, 4) is 0 Å². The fourth-order valence-electron chi connectivity index (χ4n) is 13.9. The van der Waals surface area contributed by atoms with Crippen LogP contribution in [0.25, 0.3) is 0 Å². The Balaban J connectivity index is 1.48. The zero-order valence-corrected chi connectivity index (χ0v) is 68.7. The van der Waals surface area contributed by atoms with Gasteiger partial charge in [-0.05, 0) is 67.3 Å². The number of hydrogen-bond donors (Lipinski definition) is 4. The van der Waals surface area contributed by atoms with Crippen LogP contribution < -0.4 is 16.0 Å². The Hall–Kier alpha value is -8.01. The molecular weight excluding hydrogens is 1430 g/mol. The maximum absolute atomic E-state index is 15.3. The van der Waals surface area contributed by atoms with E-state index in [2.05, 4.69) is 36.7 Å². The number of rotatable bonds is 65. The first-order chi connectivity index (χ1) is 55.2. The van der Waals surface area contributed by atoms with Crippen LogP contribution in [0, 0.1) is 0 Å². The second-order valence-corrected chi connectivity index (χ2v) is 30.4. The summed E-state index contributed by atoms with van der Waals surface area (Å²) in [6.45, 7) is 5.65. The smallest absolute Gasteiger partial charge is 0.328 e. The van der Waals surface area contributed by atoms with E-state index in [1.165, 1.54) is 81.9 Å². The lowest BCUT2D eigenvalue weighted by atomic mass is 9.95. The Kier molecular flexibility index (Phi) is 52.0. The van der Waals surface area contributed by atoms with Gasteiger partial charge < -0.3 is 59.1 Å². The molecule has 1 fully saturated rings. The van der Waals surface area contributed by atoms with Crippen molar-refractivity contribution >= 4 is 53.5 Å². The number of carbonyl (C=O) groups is 9. The minimum Gasteiger partial charge on any atom is -0.461 e. The third-order valence-electron chi connectivity index (χ3n) is 20.7. The molecule has 4 amide bonds. The van der Waals surface area contributed by atoms with Crippen LogP contribution in [0.4, 0.5) is 0 Å². The summed E-state index contributed by atoms with van der Waals surface area (Å²) in [5.74, 6) is -5.43. The van der Waals surface area contributed by atoms with Gasteiger partial charge in [-0.25, -0.2) is 4.79 Å². The topological polar surface area (TPSA) is 278 Å². The summed E-state index contributed by atoms with van der Waals surface area (Å²) in [6, 6.07) is 33.1. The highest BCUT2D eigenvalue weighted by Crippen LogP contribution is 2.30. The van der Waals surface area contributed by atoms with E-state index in [1.807, 2.05) is 48.5 Å². The molecule has 0 aromatic heterocycles. The summed E-state index contributed by atoms with van der Waals surface area (Å²) in [4.78, 5) is 128. The maximum Gasteiger partial charge on any atom is 0.328 e. The van der Waals surface area contributed by atoms with E-state index >= 15 is 4.79 Å². The Morgan fingerprint density at radius 2 is 0.841 bits per heavy atom. The highest BCUT2D eigenvalue weighted by Gasteiger charge is 2.50. The van der Waals surface area contributed by atoms with Crippen molar-refractivity contribution < 1.29 is 81.4 Å². The molecule has 0 radical (unpaired) electrons. The fourth-order valence-corrected chi connectivity index (χ4v) is 13.9. The Labute approximate surface area is 675 Å². The fraction of sp³-hybridized carbons (Fsp3) is 0.641. The number of hydrogen-bond acceptors (Lipinski definition) is 17. The first-order valence-corrected chi connectivity index (χ1v) is 43.3. The van der Waals surface area contributed by atoms with Gasteiger partial charge in [0.15, 0.2) is 12.4 Å². The number of esters is 5. The number of amides is 4. The summed E-state index contributed by atoms with van der Waals surface area (Å²) in [7, 11) is 0. The molecule has 1 aliphatic heterocycles. The lowest BCUT2D eigenvalue weighted by Gasteiger charge is -2.45. The third-order valence-corrected chi connectivity index (χ3v) is 20.7. The zero-order chi connectivity index (χ0) is 81.0. The summed E-state index contributed by atoms with van der Waals surface area (Å²) in [5, 5.41) is 21.5. The molecule has 628 valence electrons. The molecule has 0 aliphatic carbocycles. The molecule has 1 saturated heterocycles. The molecule has 6 atom stereocenters. The average Bonchev–Trinajstić information content (AvgIpc) is 0.786. The van der Waals surface area contributed by atoms with Gasteiger partial charge in [0.1, 0.15) is 50.7 Å². The van der Waals surface area contributed by atoms with Crippen LogP contribution >= 0.6 is 0 Å². The van der Waals surface area contributed by atoms with Crippen LogP contribution in [-0.4, -0.2) is 133 Å². The van der Waals surface area contributed by atoms with Crippen molar-refractivity contribution in [2.75, 3.05) is 26.2 Å². The highest BCUT2D eigenvalue weighted by atomic mass is 16.7. The standard InChI is InChI=1S/C92H138N4O17/c1-4-7-10-13-16-19-21-23-26-31-48-61-84(101)113-89-87(95-81(98)60-47-30-28-32-49-64-93-90(105)76-57-44-37-45-58-76)92(111-77(66-85(102)108-70-74-53-40-35-41-54-74)67-86(103)109-71-75-55-42-36-43-56-75)112-79(88(89)104)72-110-91(106)78(62-63-83(100)107-69-73-51-38-34-39-52-73)96(65-50-33-27-24-20-17-14-11-8-5-2)82(99)68-94-80(97)59-46-29-25-22-18-15-12-9-6-3/h34-45,51-58,77-79,87-89,92,104H,4-33,46-50,59-72H2,1-3H3,(H,93,105)(H,94,97)(H,95,98)/t78-,79-,87-,88-,89-,92+/m1/s1. The molecule has 4 aromatic carbocycles. The normalized spacial score (nSPS) is 15.5. The van der Waals surface area contributed by atoms with E-state index < -0.39 is 110 Å². The minimum atomic E-state index is -1.85. The van der Waals surface area contributed by atoms with Gasteiger partial charge in [0.05, 0.1) is 25.5 Å². The molecule has 0 bridgehead atoms. The summed E-state index contributed by atoms with van der Waals surface area (Å²) in [5.41, 5.74) is 2.70. The number of benzene rings is 4. The van der Waals surface area contributed by atoms with E-state index in [-0.39, 0.29) is 70.3 Å². The van der Waals surface area contributed by atoms with E-state index in [0.717, 1.165) is 115 Å². The molecule has 21 nitrogen and oxygen atoms in total. The van der Waals surface area contributed by atoms with Crippen LogP contribution in [0.2, 0.25) is 0 Å². The quantitative estimate of drug-likeness (QED) is 0.0182. The molecule has 1 heterocycles. The molecule has 0 unspecified atom stereocenters. The number of unbranched alkanes of at least 4 members (excludes halogenated alkanes) is 31. The lowest BCUT2D eigenvalue weighted by molar-refractivity contribution is -0.286. The number of aliphatic hydroxyl groups excluding tert-OH is 1. The molecule has 1 aliphatic rings. The number of ether oxygens (including phenoxy) is 7. The van der Waals surface area contributed by atoms with E-state index in [1.54, 1.807) is 72.8 Å². The molecular formula is C92H138N4O17. The van der Waals surface area contributed by atoms with Crippen molar-refractivity contribution in [2.45, 2.75) is 353 Å². The highest BCUT2D eigenvalue weighted by molar-refractivity contribution is 5.94. The van der Waals surface area contributed by atoms with E-state index in [0.29, 0.717) is 61.8 Å². The lowest BCUT2D eigenvalue weighted by Crippen LogP contribution is -2.66. The molecule has 4 N–H and O–H groups in total. The predicted molar refractivity (Wildman–Crippen MR) is 439 cm³/mol. The van der Waals surface area contributed by atoms with Crippen molar-refractivity contribution in [3.05, 3.63) is 144 Å². The molecule has 0 saturated carbocycles. The van der Waals surface area contributed by atoms with Crippen molar-refractivity contribution in [1.29, 1.82) is 0 Å². The van der Waals surface area contributed by atoms with Crippen molar-refractivity contribution in [1.82, 2.24) is 20.9 Å². The summed E-state index contributed by atoms with van der Waals surface area (Å²) >= 11 is 0. The van der Waals surface area contributed by atoms with Crippen molar-refractivity contribution in [2.24, 2.45) is 0 Å². The van der Waals surface area contributed by atoms with Crippen LogP contribution in [0.3, 0.4) is 0 Å². The Morgan fingerprint density at radius 1 is 0.434 bits per heavy atom. The van der Waals surface area contributed by atoms with Gasteiger partial charge in [-0.1, -0.05) is 323 Å². The van der Waals surface area contributed by atoms with Crippen LogP contribution in [0.5, 0.6) is 0 Å². The Bertz CT molecular complexity index is 3160. The summed E-state index contributed by atoms with van der Waals surface area (Å²) in [6.07, 6.45) is 24.4. The second-order valence-electron chi connectivity index (χ2n) is 30.4. The van der Waals surface area contributed by atoms with Gasteiger partial charge >= 0.3 is 29.8 Å². The van der Waals surface area contributed by atoms with Gasteiger partial charge in [-0.15, -0.1) is 0 Å². The predicted octanol–water partition coefficient (Wildman–Crippen LogP) is 17.8. The third kappa shape index (κ3) is 43.9. The number of nitrogens with zero attached hydrogens (tertiary/aromatic N) is 1. The number of nitrogens with one attached hydrogen (secondary N) is 3. The molecule has 4 aromatic rings. The number of carbonyl (C=O) groups excluding carboxylic acids is 9. The molecule has 5 rings (SSSR count). The van der Waals surface area contributed by atoms with Crippen LogP contribution in [0.1, 0.15) is 317 Å². The van der Waals surface area contributed by atoms with Gasteiger partial charge in [0.2, 0.25) is 17.7 Å². The van der Waals surface area contributed by atoms with Crippen LogP contribution in [-0.2, 0) is 91.3 Å². The zero-order valence-electron chi connectivity index (χ0n) is 68.7. The van der Waals surface area contributed by atoms with Gasteiger partial charge in [0, 0.05) is 44.3 Å². The second kappa shape index (κ2) is 61.4.